The second-order valence-electron chi connectivity index (χ2n) is 12.8. The van der Waals surface area contributed by atoms with Gasteiger partial charge in [-0.15, -0.1) is 0 Å². The first-order valence-electron chi connectivity index (χ1n) is 14.6. The number of amides is 1. The molecular weight excluding hydrogens is 487 g/mol. The summed E-state index contributed by atoms with van der Waals surface area (Å²) in [6.07, 6.45) is 7.61. The third kappa shape index (κ3) is 10.7. The molecule has 37 heavy (non-hydrogen) atoms. The van der Waals surface area contributed by atoms with Gasteiger partial charge in [0, 0.05) is 0 Å². The Morgan fingerprint density at radius 2 is 1.32 bits per heavy atom. The molecule has 2 aliphatic rings. The van der Waals surface area contributed by atoms with Crippen LogP contribution in [0.4, 0.5) is 0 Å². The summed E-state index contributed by atoms with van der Waals surface area (Å²) in [6, 6.07) is -0.651. The van der Waals surface area contributed by atoms with Crippen LogP contribution in [0.15, 0.2) is 0 Å². The predicted molar refractivity (Wildman–Crippen MR) is 151 cm³/mol. The Hall–Kier alpha value is -0.750. The van der Waals surface area contributed by atoms with Gasteiger partial charge in [0.1, 0.15) is 6.04 Å². The van der Waals surface area contributed by atoms with E-state index in [2.05, 4.69) is 51.9 Å². The van der Waals surface area contributed by atoms with E-state index in [4.69, 9.17) is 13.8 Å². The molecule has 0 heterocycles. The molecule has 2 N–H and O–H groups in total. The lowest BCUT2D eigenvalue weighted by Gasteiger charge is -2.41. The number of nitrogens with one attached hydrogen (secondary N) is 2. The van der Waals surface area contributed by atoms with E-state index >= 15 is 0 Å². The Labute approximate surface area is 227 Å². The molecule has 0 bridgehead atoms. The zero-order valence-corrected chi connectivity index (χ0v) is 25.8. The van der Waals surface area contributed by atoms with Crippen molar-refractivity contribution in [3.05, 3.63) is 0 Å². The summed E-state index contributed by atoms with van der Waals surface area (Å²) in [7, 11) is -0.113. The van der Waals surface area contributed by atoms with Crippen molar-refractivity contribution in [2.45, 2.75) is 119 Å². The highest BCUT2D eigenvalue weighted by Crippen LogP contribution is 2.48. The van der Waals surface area contributed by atoms with Gasteiger partial charge in [0.25, 0.3) is 8.53 Å². The van der Waals surface area contributed by atoms with E-state index in [1.54, 1.807) is 0 Å². The van der Waals surface area contributed by atoms with Crippen LogP contribution < -0.4 is 10.4 Å². The van der Waals surface area contributed by atoms with E-state index in [0.29, 0.717) is 41.9 Å². The number of carbonyl (C=O) groups excluding carboxylic acids is 2. The molecule has 0 unspecified atom stereocenters. The van der Waals surface area contributed by atoms with Crippen LogP contribution in [0.1, 0.15) is 100 Å². The normalized spacial score (nSPS) is 29.6. The highest BCUT2D eigenvalue weighted by atomic mass is 31.2. The Morgan fingerprint density at radius 3 is 1.73 bits per heavy atom. The van der Waals surface area contributed by atoms with E-state index in [1.165, 1.54) is 20.0 Å². The Bertz CT molecular complexity index is 670. The van der Waals surface area contributed by atoms with Crippen molar-refractivity contribution in [1.82, 2.24) is 10.4 Å². The zero-order chi connectivity index (χ0) is 27.7. The molecular formula is C29H55N2O5P. The third-order valence-electron chi connectivity index (χ3n) is 8.28. The number of carbonyl (C=O) groups is 2. The second-order valence-corrected chi connectivity index (χ2v) is 14.1. The van der Waals surface area contributed by atoms with Crippen LogP contribution in [0, 0.1) is 41.4 Å². The molecule has 0 radical (unpaired) electrons. The molecule has 2 rings (SSSR count). The largest absolute Gasteiger partial charge is 0.467 e. The highest BCUT2D eigenvalue weighted by Gasteiger charge is 2.38. The van der Waals surface area contributed by atoms with Gasteiger partial charge in [0.15, 0.2) is 0 Å². The van der Waals surface area contributed by atoms with Gasteiger partial charge in [-0.2, -0.15) is 0 Å². The van der Waals surface area contributed by atoms with Crippen LogP contribution in [0.2, 0.25) is 0 Å². The average Bonchev–Trinajstić information content (AvgIpc) is 2.81. The van der Waals surface area contributed by atoms with E-state index in [-0.39, 0.29) is 30.6 Å². The minimum Gasteiger partial charge on any atom is -0.467 e. The lowest BCUT2D eigenvalue weighted by molar-refractivity contribution is -0.145. The van der Waals surface area contributed by atoms with Gasteiger partial charge >= 0.3 is 5.97 Å². The highest BCUT2D eigenvalue weighted by molar-refractivity contribution is 7.45. The number of rotatable bonds is 13. The van der Waals surface area contributed by atoms with Crippen LogP contribution in [0.5, 0.6) is 0 Å². The van der Waals surface area contributed by atoms with Crippen molar-refractivity contribution in [3.8, 4) is 0 Å². The summed E-state index contributed by atoms with van der Waals surface area (Å²) < 4.78 is 18.4. The predicted octanol–water partition coefficient (Wildman–Crippen LogP) is 6.46. The zero-order valence-electron chi connectivity index (χ0n) is 24.9. The standard InChI is InChI=1S/C29H55N2O5P/c1-18(2)14-25(29(33)34-9)31-28(32)17-30-37(35-26-15-21(7)10-12-23(26)19(3)4)36-27-16-22(8)11-13-24(27)20(5)6/h18-27,30H,10-17H2,1-9H3,(H,31,32)/t21-,22-,23+,24+,25-,26-,27-/m1/s1. The smallest absolute Gasteiger partial charge is 0.328 e. The summed E-state index contributed by atoms with van der Waals surface area (Å²) in [4.78, 5) is 25.1. The fourth-order valence-corrected chi connectivity index (χ4v) is 7.47. The molecule has 0 spiro atoms. The monoisotopic (exact) mass is 542 g/mol. The van der Waals surface area contributed by atoms with Gasteiger partial charge in [-0.05, 0) is 73.5 Å². The molecule has 2 aliphatic carbocycles. The van der Waals surface area contributed by atoms with E-state index in [9.17, 15) is 9.59 Å². The van der Waals surface area contributed by atoms with Crippen molar-refractivity contribution < 1.29 is 23.4 Å². The lowest BCUT2D eigenvalue weighted by Crippen LogP contribution is -2.45. The summed E-state index contributed by atoms with van der Waals surface area (Å²) in [5.41, 5.74) is 0. The van der Waals surface area contributed by atoms with Gasteiger partial charge in [-0.1, -0.05) is 68.2 Å². The van der Waals surface area contributed by atoms with Crippen LogP contribution in [0.25, 0.3) is 0 Å². The molecule has 8 heteroatoms. The first-order chi connectivity index (χ1) is 17.4. The van der Waals surface area contributed by atoms with Crippen molar-refractivity contribution in [2.75, 3.05) is 13.7 Å². The Morgan fingerprint density at radius 1 is 0.838 bits per heavy atom. The van der Waals surface area contributed by atoms with Crippen molar-refractivity contribution in [2.24, 2.45) is 41.4 Å². The van der Waals surface area contributed by atoms with Crippen molar-refractivity contribution >= 4 is 20.4 Å². The fraction of sp³-hybridized carbons (Fsp3) is 0.931. The quantitative estimate of drug-likeness (QED) is 0.205. The number of hydrogen-bond donors (Lipinski definition) is 2. The summed E-state index contributed by atoms with van der Waals surface area (Å²) in [6.45, 7) is 17.8. The minimum absolute atomic E-state index is 0.0422. The van der Waals surface area contributed by atoms with Gasteiger partial charge in [0.05, 0.1) is 25.9 Å². The van der Waals surface area contributed by atoms with Crippen LogP contribution in [-0.2, 0) is 23.4 Å². The molecule has 0 aromatic heterocycles. The van der Waals surface area contributed by atoms with Crippen LogP contribution >= 0.6 is 8.53 Å². The molecule has 0 aromatic rings. The fourth-order valence-electron chi connectivity index (χ4n) is 6.03. The average molecular weight is 543 g/mol. The van der Waals surface area contributed by atoms with Crippen LogP contribution in [-0.4, -0.2) is 43.8 Å². The van der Waals surface area contributed by atoms with Crippen molar-refractivity contribution in [1.29, 1.82) is 0 Å². The summed E-state index contributed by atoms with van der Waals surface area (Å²) in [5.74, 6) is 2.88. The minimum atomic E-state index is -1.47. The lowest BCUT2D eigenvalue weighted by atomic mass is 9.75. The molecule has 7 nitrogen and oxygen atoms in total. The number of hydrogen-bond acceptors (Lipinski definition) is 6. The number of methoxy groups -OCH3 is 1. The molecule has 0 aliphatic heterocycles. The second kappa shape index (κ2) is 15.7. The molecule has 216 valence electrons. The molecule has 1 amide bonds. The Kier molecular flexibility index (Phi) is 13.8. The third-order valence-corrected chi connectivity index (χ3v) is 9.62. The molecule has 0 saturated heterocycles. The molecule has 2 saturated carbocycles. The summed E-state index contributed by atoms with van der Waals surface area (Å²) >= 11 is 0. The van der Waals surface area contributed by atoms with Crippen molar-refractivity contribution in [3.63, 3.8) is 0 Å². The van der Waals surface area contributed by atoms with Gasteiger partial charge in [0.2, 0.25) is 5.91 Å². The molecule has 0 aromatic carbocycles. The maximum Gasteiger partial charge on any atom is 0.328 e. The van der Waals surface area contributed by atoms with Crippen LogP contribution in [0.3, 0.4) is 0 Å². The maximum absolute atomic E-state index is 12.9. The topological polar surface area (TPSA) is 85.9 Å². The first-order valence-corrected chi connectivity index (χ1v) is 15.8. The number of ether oxygens (including phenoxy) is 1. The molecule has 2 fully saturated rings. The molecule has 7 atom stereocenters. The SMILES string of the molecule is COC(=O)[C@@H](CC(C)C)NC(=O)CNP(O[C@@H]1C[C@H](C)CC[C@H]1C(C)C)O[C@@H]1C[C@H](C)CC[C@H]1C(C)C. The summed E-state index contributed by atoms with van der Waals surface area (Å²) in [5, 5.41) is 6.19. The maximum atomic E-state index is 12.9. The van der Waals surface area contributed by atoms with E-state index < -0.39 is 20.5 Å². The van der Waals surface area contributed by atoms with E-state index in [1.807, 2.05) is 13.8 Å². The van der Waals surface area contributed by atoms with E-state index in [0.717, 1.165) is 25.7 Å². The van der Waals surface area contributed by atoms with Gasteiger partial charge in [-0.25, -0.2) is 9.88 Å². The number of esters is 1. The van der Waals surface area contributed by atoms with Gasteiger partial charge in [-0.3, -0.25) is 4.79 Å². The Balaban J connectivity index is 2.14. The first kappa shape index (κ1) is 32.5. The van der Waals surface area contributed by atoms with Gasteiger partial charge < -0.3 is 19.1 Å².